The van der Waals surface area contributed by atoms with Gasteiger partial charge in [-0.05, 0) is 25.0 Å². The van der Waals surface area contributed by atoms with Gasteiger partial charge in [0.05, 0.1) is 0 Å². The Bertz CT molecular complexity index is 332. The number of rotatable bonds is 2. The molecule has 0 aliphatic heterocycles. The highest BCUT2D eigenvalue weighted by atomic mass is 15.2. The van der Waals surface area contributed by atoms with E-state index in [2.05, 4.69) is 15.5 Å². The largest absolute Gasteiger partial charge is 0.366 e. The standard InChI is InChI=1S/C10H12N4/c11-7-9-5-6-10(14-13-9)12-8-3-1-2-4-8/h5-6,8H,1-4H2,(H,12,14). The minimum atomic E-state index is 0.363. The zero-order valence-corrected chi connectivity index (χ0v) is 7.90. The lowest BCUT2D eigenvalue weighted by Crippen LogP contribution is -2.15. The van der Waals surface area contributed by atoms with Crippen molar-refractivity contribution in [3.05, 3.63) is 17.8 Å². The van der Waals surface area contributed by atoms with E-state index in [-0.39, 0.29) is 0 Å². The molecular weight excluding hydrogens is 176 g/mol. The second-order valence-electron chi connectivity index (χ2n) is 3.54. The molecule has 0 unspecified atom stereocenters. The fourth-order valence-corrected chi connectivity index (χ4v) is 1.75. The summed E-state index contributed by atoms with van der Waals surface area (Å²) in [5.74, 6) is 0.774. The fourth-order valence-electron chi connectivity index (χ4n) is 1.75. The van der Waals surface area contributed by atoms with Crippen LogP contribution in [0.5, 0.6) is 0 Å². The van der Waals surface area contributed by atoms with E-state index < -0.39 is 0 Å². The third kappa shape index (κ3) is 1.99. The Hall–Kier alpha value is -1.63. The molecule has 1 aliphatic rings. The van der Waals surface area contributed by atoms with Gasteiger partial charge in [0.15, 0.2) is 5.69 Å². The Morgan fingerprint density at radius 1 is 1.29 bits per heavy atom. The Balaban J connectivity index is 1.99. The molecule has 1 N–H and O–H groups in total. The summed E-state index contributed by atoms with van der Waals surface area (Å²) in [6, 6.07) is 5.98. The maximum absolute atomic E-state index is 8.54. The van der Waals surface area contributed by atoms with Crippen molar-refractivity contribution >= 4 is 5.82 Å². The van der Waals surface area contributed by atoms with E-state index in [0.717, 1.165) is 5.82 Å². The van der Waals surface area contributed by atoms with Gasteiger partial charge in [0, 0.05) is 6.04 Å². The highest BCUT2D eigenvalue weighted by Crippen LogP contribution is 2.20. The van der Waals surface area contributed by atoms with Crippen LogP contribution in [0.15, 0.2) is 12.1 Å². The van der Waals surface area contributed by atoms with E-state index in [0.29, 0.717) is 11.7 Å². The van der Waals surface area contributed by atoms with Crippen LogP contribution in [0.2, 0.25) is 0 Å². The summed E-state index contributed by atoms with van der Waals surface area (Å²) in [4.78, 5) is 0. The lowest BCUT2D eigenvalue weighted by molar-refractivity contribution is 0.746. The lowest BCUT2D eigenvalue weighted by Gasteiger charge is -2.11. The summed E-state index contributed by atoms with van der Waals surface area (Å²) in [7, 11) is 0. The first-order chi connectivity index (χ1) is 6.88. The van der Waals surface area contributed by atoms with Crippen molar-refractivity contribution < 1.29 is 0 Å². The molecular formula is C10H12N4. The van der Waals surface area contributed by atoms with Gasteiger partial charge in [0.25, 0.3) is 0 Å². The van der Waals surface area contributed by atoms with Crippen LogP contribution in [0.4, 0.5) is 5.82 Å². The van der Waals surface area contributed by atoms with Gasteiger partial charge >= 0.3 is 0 Å². The molecule has 1 fully saturated rings. The zero-order chi connectivity index (χ0) is 9.80. The summed E-state index contributed by atoms with van der Waals surface area (Å²) in [5, 5.41) is 19.5. The molecule has 0 saturated heterocycles. The molecule has 4 heteroatoms. The monoisotopic (exact) mass is 188 g/mol. The van der Waals surface area contributed by atoms with Crippen LogP contribution in [-0.2, 0) is 0 Å². The van der Waals surface area contributed by atoms with E-state index >= 15 is 0 Å². The maximum atomic E-state index is 8.54. The number of nitrogens with one attached hydrogen (secondary N) is 1. The summed E-state index contributed by atoms with van der Waals surface area (Å²) < 4.78 is 0. The van der Waals surface area contributed by atoms with E-state index in [1.807, 2.05) is 12.1 Å². The predicted octanol–water partition coefficient (Wildman–Crippen LogP) is 1.70. The lowest BCUT2D eigenvalue weighted by atomic mass is 10.2. The van der Waals surface area contributed by atoms with Crippen LogP contribution >= 0.6 is 0 Å². The molecule has 72 valence electrons. The summed E-state index contributed by atoms with van der Waals surface area (Å²) in [5.41, 5.74) is 0.363. The van der Waals surface area contributed by atoms with E-state index in [1.165, 1.54) is 25.7 Å². The quantitative estimate of drug-likeness (QED) is 0.767. The second kappa shape index (κ2) is 4.05. The molecule has 0 bridgehead atoms. The van der Waals surface area contributed by atoms with Crippen LogP contribution in [0.25, 0.3) is 0 Å². The molecule has 0 spiro atoms. The third-order valence-electron chi connectivity index (χ3n) is 2.49. The van der Waals surface area contributed by atoms with Crippen molar-refractivity contribution in [2.24, 2.45) is 0 Å². The number of hydrogen-bond donors (Lipinski definition) is 1. The number of nitrogens with zero attached hydrogens (tertiary/aromatic N) is 3. The topological polar surface area (TPSA) is 61.6 Å². The van der Waals surface area contributed by atoms with Gasteiger partial charge in [0.1, 0.15) is 11.9 Å². The van der Waals surface area contributed by atoms with Gasteiger partial charge < -0.3 is 5.32 Å². The van der Waals surface area contributed by atoms with E-state index in [1.54, 1.807) is 6.07 Å². The fraction of sp³-hybridized carbons (Fsp3) is 0.500. The number of anilines is 1. The van der Waals surface area contributed by atoms with Crippen molar-refractivity contribution in [2.75, 3.05) is 5.32 Å². The molecule has 0 amide bonds. The van der Waals surface area contributed by atoms with Crippen LogP contribution < -0.4 is 5.32 Å². The maximum Gasteiger partial charge on any atom is 0.163 e. The molecule has 4 nitrogen and oxygen atoms in total. The SMILES string of the molecule is N#Cc1ccc(NC2CCCC2)nn1. The van der Waals surface area contributed by atoms with Crippen LogP contribution in [0.1, 0.15) is 31.4 Å². The summed E-state index contributed by atoms with van der Waals surface area (Å²) in [6.45, 7) is 0. The Morgan fingerprint density at radius 3 is 2.64 bits per heavy atom. The number of nitriles is 1. The van der Waals surface area contributed by atoms with E-state index in [9.17, 15) is 0 Å². The average molecular weight is 188 g/mol. The van der Waals surface area contributed by atoms with Crippen molar-refractivity contribution in [3.63, 3.8) is 0 Å². The first kappa shape index (κ1) is 8.95. The predicted molar refractivity (Wildman–Crippen MR) is 52.6 cm³/mol. The van der Waals surface area contributed by atoms with Crippen LogP contribution in [-0.4, -0.2) is 16.2 Å². The van der Waals surface area contributed by atoms with Crippen LogP contribution in [0.3, 0.4) is 0 Å². The van der Waals surface area contributed by atoms with Crippen molar-refractivity contribution in [1.82, 2.24) is 10.2 Å². The Kier molecular flexibility index (Phi) is 2.59. The van der Waals surface area contributed by atoms with E-state index in [4.69, 9.17) is 5.26 Å². The first-order valence-electron chi connectivity index (χ1n) is 4.89. The minimum absolute atomic E-state index is 0.363. The highest BCUT2D eigenvalue weighted by molar-refractivity contribution is 5.36. The van der Waals surface area contributed by atoms with Gasteiger partial charge in [-0.25, -0.2) is 0 Å². The molecule has 14 heavy (non-hydrogen) atoms. The zero-order valence-electron chi connectivity index (χ0n) is 7.90. The molecule has 2 rings (SSSR count). The smallest absolute Gasteiger partial charge is 0.163 e. The summed E-state index contributed by atoms with van der Waals surface area (Å²) in [6.07, 6.45) is 5.01. The minimum Gasteiger partial charge on any atom is -0.366 e. The molecule has 0 radical (unpaired) electrons. The van der Waals surface area contributed by atoms with Crippen molar-refractivity contribution in [3.8, 4) is 6.07 Å². The normalized spacial score (nSPS) is 16.5. The molecule has 0 aromatic carbocycles. The van der Waals surface area contributed by atoms with Gasteiger partial charge in [0.2, 0.25) is 0 Å². The van der Waals surface area contributed by atoms with Crippen molar-refractivity contribution in [2.45, 2.75) is 31.7 Å². The molecule has 1 heterocycles. The van der Waals surface area contributed by atoms with Crippen molar-refractivity contribution in [1.29, 1.82) is 5.26 Å². The molecule has 1 aromatic rings. The average Bonchev–Trinajstić information content (AvgIpc) is 2.72. The first-order valence-corrected chi connectivity index (χ1v) is 4.89. The molecule has 1 aromatic heterocycles. The molecule has 0 atom stereocenters. The van der Waals surface area contributed by atoms with Gasteiger partial charge in [-0.15, -0.1) is 10.2 Å². The Morgan fingerprint density at radius 2 is 2.07 bits per heavy atom. The van der Waals surface area contributed by atoms with Gasteiger partial charge in [-0.3, -0.25) is 0 Å². The third-order valence-corrected chi connectivity index (χ3v) is 2.49. The highest BCUT2D eigenvalue weighted by Gasteiger charge is 2.14. The molecule has 1 saturated carbocycles. The summed E-state index contributed by atoms with van der Waals surface area (Å²) >= 11 is 0. The number of hydrogen-bond acceptors (Lipinski definition) is 4. The van der Waals surface area contributed by atoms with Gasteiger partial charge in [-0.2, -0.15) is 5.26 Å². The molecule has 1 aliphatic carbocycles. The second-order valence-corrected chi connectivity index (χ2v) is 3.54. The number of aromatic nitrogens is 2. The van der Waals surface area contributed by atoms with Gasteiger partial charge in [-0.1, -0.05) is 12.8 Å². The van der Waals surface area contributed by atoms with Crippen LogP contribution in [0, 0.1) is 11.3 Å². The Labute approximate surface area is 83.0 Å².